The summed E-state index contributed by atoms with van der Waals surface area (Å²) >= 11 is 0. The minimum Gasteiger partial charge on any atom is -0.377 e. The van der Waals surface area contributed by atoms with Gasteiger partial charge in [-0.2, -0.15) is 0 Å². The van der Waals surface area contributed by atoms with Gasteiger partial charge in [-0.25, -0.2) is 4.39 Å². The number of benzene rings is 1. The Morgan fingerprint density at radius 2 is 1.93 bits per heavy atom. The highest BCUT2D eigenvalue weighted by Crippen LogP contribution is 2.31. The molecule has 1 aromatic rings. The Morgan fingerprint density at radius 1 is 1.33 bits per heavy atom. The molecule has 0 radical (unpaired) electrons. The van der Waals surface area contributed by atoms with Crippen molar-refractivity contribution in [3.8, 4) is 12.3 Å². The molecule has 1 rings (SSSR count). The lowest BCUT2D eigenvalue weighted by atomic mass is 9.84. The molecule has 2 heteroatoms. The van der Waals surface area contributed by atoms with E-state index in [0.29, 0.717) is 0 Å². The van der Waals surface area contributed by atoms with Gasteiger partial charge in [0, 0.05) is 19.8 Å². The van der Waals surface area contributed by atoms with Crippen molar-refractivity contribution in [2.75, 3.05) is 19.0 Å². The molecular weight excluding hydrogens is 189 g/mol. The number of terminal acetylenes is 1. The van der Waals surface area contributed by atoms with Crippen molar-refractivity contribution in [2.45, 2.75) is 19.3 Å². The molecule has 0 aliphatic rings. The van der Waals surface area contributed by atoms with E-state index in [0.717, 1.165) is 11.3 Å². The van der Waals surface area contributed by atoms with Crippen LogP contribution in [0.2, 0.25) is 0 Å². The van der Waals surface area contributed by atoms with Crippen LogP contribution in [0.1, 0.15) is 19.4 Å². The summed E-state index contributed by atoms with van der Waals surface area (Å²) in [6, 6.07) is 4.71. The first-order valence-electron chi connectivity index (χ1n) is 4.83. The van der Waals surface area contributed by atoms with Crippen LogP contribution in [0.5, 0.6) is 0 Å². The van der Waals surface area contributed by atoms with Crippen molar-refractivity contribution in [3.63, 3.8) is 0 Å². The van der Waals surface area contributed by atoms with Crippen LogP contribution in [0.15, 0.2) is 18.2 Å². The molecule has 0 saturated carbocycles. The second-order valence-corrected chi connectivity index (χ2v) is 4.33. The highest BCUT2D eigenvalue weighted by atomic mass is 19.1. The summed E-state index contributed by atoms with van der Waals surface area (Å²) < 4.78 is 13.2. The van der Waals surface area contributed by atoms with Crippen LogP contribution < -0.4 is 4.90 Å². The van der Waals surface area contributed by atoms with Gasteiger partial charge in [0.15, 0.2) is 0 Å². The summed E-state index contributed by atoms with van der Waals surface area (Å²) in [4.78, 5) is 1.94. The van der Waals surface area contributed by atoms with Gasteiger partial charge >= 0.3 is 0 Å². The minimum absolute atomic E-state index is 0.251. The van der Waals surface area contributed by atoms with Gasteiger partial charge in [-0.1, -0.05) is 5.92 Å². The molecule has 0 unspecified atom stereocenters. The van der Waals surface area contributed by atoms with E-state index in [1.807, 2.05) is 32.8 Å². The van der Waals surface area contributed by atoms with Gasteiger partial charge in [0.05, 0.1) is 5.41 Å². The minimum atomic E-state index is -0.457. The summed E-state index contributed by atoms with van der Waals surface area (Å²) in [6.07, 6.45) is 5.47. The maximum atomic E-state index is 13.2. The lowest BCUT2D eigenvalue weighted by molar-refractivity contribution is 0.614. The summed E-state index contributed by atoms with van der Waals surface area (Å²) in [5.74, 6) is 2.44. The molecule has 0 bridgehead atoms. The molecule has 0 aliphatic carbocycles. The van der Waals surface area contributed by atoms with Crippen molar-refractivity contribution in [2.24, 2.45) is 0 Å². The molecule has 0 saturated heterocycles. The molecule has 0 atom stereocenters. The third kappa shape index (κ3) is 2.30. The summed E-state index contributed by atoms with van der Waals surface area (Å²) in [5.41, 5.74) is 1.34. The van der Waals surface area contributed by atoms with Crippen molar-refractivity contribution < 1.29 is 4.39 Å². The molecule has 0 spiro atoms. The number of nitrogens with zero attached hydrogens (tertiary/aromatic N) is 1. The molecule has 80 valence electrons. The molecule has 0 aromatic heterocycles. The van der Waals surface area contributed by atoms with Gasteiger partial charge in [0.1, 0.15) is 5.82 Å². The van der Waals surface area contributed by atoms with Crippen molar-refractivity contribution in [1.82, 2.24) is 0 Å². The number of hydrogen-bond donors (Lipinski definition) is 0. The van der Waals surface area contributed by atoms with E-state index in [9.17, 15) is 4.39 Å². The number of rotatable bonds is 2. The van der Waals surface area contributed by atoms with Crippen LogP contribution in [-0.4, -0.2) is 14.1 Å². The second kappa shape index (κ2) is 3.94. The quantitative estimate of drug-likeness (QED) is 0.671. The Morgan fingerprint density at radius 3 is 2.40 bits per heavy atom. The first-order valence-corrected chi connectivity index (χ1v) is 4.83. The average molecular weight is 205 g/mol. The van der Waals surface area contributed by atoms with E-state index in [-0.39, 0.29) is 5.82 Å². The second-order valence-electron chi connectivity index (χ2n) is 4.33. The van der Waals surface area contributed by atoms with Crippen LogP contribution >= 0.6 is 0 Å². The normalized spacial score (nSPS) is 10.9. The fourth-order valence-corrected chi connectivity index (χ4v) is 1.48. The van der Waals surface area contributed by atoms with Crippen molar-refractivity contribution >= 4 is 5.69 Å². The predicted molar refractivity (Wildman–Crippen MR) is 62.6 cm³/mol. The Hall–Kier alpha value is -1.49. The Balaban J connectivity index is 3.39. The molecule has 1 nitrogen and oxygen atoms in total. The van der Waals surface area contributed by atoms with Gasteiger partial charge in [0.25, 0.3) is 0 Å². The smallest absolute Gasteiger partial charge is 0.123 e. The third-order valence-electron chi connectivity index (χ3n) is 2.47. The fraction of sp³-hybridized carbons (Fsp3) is 0.385. The highest BCUT2D eigenvalue weighted by molar-refractivity contribution is 5.57. The number of hydrogen-bond acceptors (Lipinski definition) is 1. The van der Waals surface area contributed by atoms with Gasteiger partial charge in [-0.05, 0) is 37.6 Å². The van der Waals surface area contributed by atoms with E-state index < -0.39 is 5.41 Å². The first-order chi connectivity index (χ1) is 6.88. The fourth-order valence-electron chi connectivity index (χ4n) is 1.48. The topological polar surface area (TPSA) is 3.24 Å². The Labute approximate surface area is 90.9 Å². The van der Waals surface area contributed by atoms with Crippen LogP contribution in [0.4, 0.5) is 10.1 Å². The monoisotopic (exact) mass is 205 g/mol. The van der Waals surface area contributed by atoms with E-state index >= 15 is 0 Å². The maximum Gasteiger partial charge on any atom is 0.123 e. The van der Waals surface area contributed by atoms with Crippen LogP contribution in [0.3, 0.4) is 0 Å². The van der Waals surface area contributed by atoms with Gasteiger partial charge in [-0.15, -0.1) is 6.42 Å². The lowest BCUT2D eigenvalue weighted by Gasteiger charge is -2.25. The number of anilines is 1. The van der Waals surface area contributed by atoms with E-state index in [1.54, 1.807) is 6.07 Å². The zero-order chi connectivity index (χ0) is 11.6. The molecule has 0 fully saturated rings. The average Bonchev–Trinajstić information content (AvgIpc) is 2.17. The van der Waals surface area contributed by atoms with Crippen molar-refractivity contribution in [3.05, 3.63) is 29.6 Å². The largest absolute Gasteiger partial charge is 0.377 e. The lowest BCUT2D eigenvalue weighted by Crippen LogP contribution is -2.20. The van der Waals surface area contributed by atoms with Gasteiger partial charge in [0.2, 0.25) is 0 Å². The van der Waals surface area contributed by atoms with Crippen molar-refractivity contribution in [1.29, 1.82) is 0 Å². The van der Waals surface area contributed by atoms with Crippen LogP contribution in [0, 0.1) is 18.2 Å². The molecule has 0 amide bonds. The molecule has 0 aliphatic heterocycles. The standard InChI is InChI=1S/C13H16FN/c1-6-13(2,3)11-9-10(14)7-8-12(11)15(4)5/h1,7-9H,2-5H3. The Bertz CT molecular complexity index is 399. The highest BCUT2D eigenvalue weighted by Gasteiger charge is 2.22. The van der Waals surface area contributed by atoms with Crippen LogP contribution in [-0.2, 0) is 5.41 Å². The zero-order valence-electron chi connectivity index (χ0n) is 9.63. The molecule has 0 N–H and O–H groups in total. The van der Waals surface area contributed by atoms with E-state index in [2.05, 4.69) is 5.92 Å². The summed E-state index contributed by atoms with van der Waals surface area (Å²) in [7, 11) is 3.84. The Kier molecular flexibility index (Phi) is 3.04. The van der Waals surface area contributed by atoms with Crippen LogP contribution in [0.25, 0.3) is 0 Å². The predicted octanol–water partition coefficient (Wildman–Crippen LogP) is 2.80. The van der Waals surface area contributed by atoms with Gasteiger partial charge in [-0.3, -0.25) is 0 Å². The first kappa shape index (κ1) is 11.6. The third-order valence-corrected chi connectivity index (χ3v) is 2.47. The summed E-state index contributed by atoms with van der Waals surface area (Å²) in [6.45, 7) is 3.82. The molecule has 0 heterocycles. The van der Waals surface area contributed by atoms with E-state index in [4.69, 9.17) is 6.42 Å². The molecule has 15 heavy (non-hydrogen) atoms. The van der Waals surface area contributed by atoms with Gasteiger partial charge < -0.3 is 4.90 Å². The van der Waals surface area contributed by atoms with E-state index in [1.165, 1.54) is 12.1 Å². The molecular formula is C13H16FN. The zero-order valence-corrected chi connectivity index (χ0v) is 9.63. The maximum absolute atomic E-state index is 13.2. The SMILES string of the molecule is C#CC(C)(C)c1cc(F)ccc1N(C)C. The molecule has 1 aromatic carbocycles. The summed E-state index contributed by atoms with van der Waals surface area (Å²) in [5, 5.41) is 0. The number of halogens is 1.